The van der Waals surface area contributed by atoms with Crippen molar-refractivity contribution in [2.45, 2.75) is 51.6 Å². The number of hydrogen-bond acceptors (Lipinski definition) is 6. The Morgan fingerprint density at radius 2 is 1.36 bits per heavy atom. The second-order valence-corrected chi connectivity index (χ2v) is 5.52. The van der Waals surface area contributed by atoms with Crippen molar-refractivity contribution in [1.82, 2.24) is 30.4 Å². The maximum Gasteiger partial charge on any atom is 0.169 e. The molecule has 0 amide bonds. The van der Waals surface area contributed by atoms with E-state index in [0.29, 0.717) is 0 Å². The van der Waals surface area contributed by atoms with Gasteiger partial charge in [-0.2, -0.15) is 10.2 Å². The standard InChI is InChI=1S/C14H20N8/c1-9(13-15-7-17-21-13)19-11-5-3-4-6-12(11)20-10(2)14-16-8-18-22-14/h7-8,11-12H,3-6H2,1-2H3,(H,15,17,21)(H,16,18,22). The minimum atomic E-state index is 0.178. The molecule has 2 unspecified atom stereocenters. The fourth-order valence-corrected chi connectivity index (χ4v) is 2.77. The predicted molar refractivity (Wildman–Crippen MR) is 83.2 cm³/mol. The zero-order chi connectivity index (χ0) is 15.4. The van der Waals surface area contributed by atoms with Crippen LogP contribution >= 0.6 is 0 Å². The van der Waals surface area contributed by atoms with Gasteiger partial charge < -0.3 is 0 Å². The molecule has 0 aliphatic heterocycles. The predicted octanol–water partition coefficient (Wildman–Crippen LogP) is 1.55. The highest BCUT2D eigenvalue weighted by Gasteiger charge is 2.25. The smallest absolute Gasteiger partial charge is 0.169 e. The van der Waals surface area contributed by atoms with Crippen LogP contribution in [0.4, 0.5) is 0 Å². The van der Waals surface area contributed by atoms with Crippen LogP contribution in [0.1, 0.15) is 51.2 Å². The Balaban J connectivity index is 1.80. The zero-order valence-electron chi connectivity index (χ0n) is 12.8. The lowest BCUT2D eigenvalue weighted by atomic mass is 9.91. The van der Waals surface area contributed by atoms with Gasteiger partial charge in [0.1, 0.15) is 12.7 Å². The van der Waals surface area contributed by atoms with Crippen LogP contribution in [0.25, 0.3) is 0 Å². The number of nitrogens with zero attached hydrogens (tertiary/aromatic N) is 6. The van der Waals surface area contributed by atoms with Crippen molar-refractivity contribution in [1.29, 1.82) is 0 Å². The largest absolute Gasteiger partial charge is 0.281 e. The quantitative estimate of drug-likeness (QED) is 0.835. The van der Waals surface area contributed by atoms with Crippen molar-refractivity contribution in [3.05, 3.63) is 24.3 Å². The molecule has 0 aromatic carbocycles. The summed E-state index contributed by atoms with van der Waals surface area (Å²) in [6.45, 7) is 3.92. The number of aromatic amines is 2. The molecule has 116 valence electrons. The molecule has 0 saturated heterocycles. The fourth-order valence-electron chi connectivity index (χ4n) is 2.77. The van der Waals surface area contributed by atoms with Crippen molar-refractivity contribution in [3.8, 4) is 0 Å². The number of aromatic nitrogens is 6. The van der Waals surface area contributed by atoms with Gasteiger partial charge in [0.05, 0.1) is 23.5 Å². The number of nitrogens with one attached hydrogen (secondary N) is 2. The maximum absolute atomic E-state index is 4.82. The molecule has 3 rings (SSSR count). The van der Waals surface area contributed by atoms with E-state index >= 15 is 0 Å². The molecule has 1 aliphatic rings. The van der Waals surface area contributed by atoms with Crippen molar-refractivity contribution in [2.75, 3.05) is 0 Å². The zero-order valence-corrected chi connectivity index (χ0v) is 12.8. The maximum atomic E-state index is 4.82. The molecule has 1 saturated carbocycles. The van der Waals surface area contributed by atoms with Crippen LogP contribution in [0, 0.1) is 0 Å². The SMILES string of the molecule is CC(=NC1CCCCC1N=C(C)c1ncn[nH]1)c1ncn[nH]1. The number of rotatable bonds is 4. The molecule has 1 aliphatic carbocycles. The van der Waals surface area contributed by atoms with Crippen molar-refractivity contribution < 1.29 is 0 Å². The number of aliphatic imine (C=N–C) groups is 2. The minimum Gasteiger partial charge on any atom is -0.281 e. The van der Waals surface area contributed by atoms with Gasteiger partial charge in [0, 0.05) is 0 Å². The Morgan fingerprint density at radius 3 is 1.73 bits per heavy atom. The summed E-state index contributed by atoms with van der Waals surface area (Å²) in [5, 5.41) is 13.5. The molecule has 2 heterocycles. The summed E-state index contributed by atoms with van der Waals surface area (Å²) in [4.78, 5) is 18.0. The Hall–Kier alpha value is -2.38. The van der Waals surface area contributed by atoms with E-state index in [1.54, 1.807) is 0 Å². The first-order valence-corrected chi connectivity index (χ1v) is 7.54. The molecule has 0 radical (unpaired) electrons. The molecule has 2 N–H and O–H groups in total. The van der Waals surface area contributed by atoms with Crippen molar-refractivity contribution in [3.63, 3.8) is 0 Å². The van der Waals surface area contributed by atoms with Gasteiger partial charge in [0.25, 0.3) is 0 Å². The molecule has 22 heavy (non-hydrogen) atoms. The van der Waals surface area contributed by atoms with Crippen LogP contribution in [-0.2, 0) is 0 Å². The van der Waals surface area contributed by atoms with Crippen LogP contribution < -0.4 is 0 Å². The van der Waals surface area contributed by atoms with Gasteiger partial charge in [0.15, 0.2) is 11.6 Å². The topological polar surface area (TPSA) is 108 Å². The molecule has 0 spiro atoms. The van der Waals surface area contributed by atoms with Gasteiger partial charge in [0.2, 0.25) is 0 Å². The summed E-state index contributed by atoms with van der Waals surface area (Å²) >= 11 is 0. The molecule has 2 aromatic heterocycles. The Morgan fingerprint density at radius 1 is 0.909 bits per heavy atom. The second-order valence-electron chi connectivity index (χ2n) is 5.52. The van der Waals surface area contributed by atoms with Crippen molar-refractivity contribution in [2.24, 2.45) is 9.98 Å². The third-order valence-electron chi connectivity index (χ3n) is 3.93. The van der Waals surface area contributed by atoms with E-state index in [4.69, 9.17) is 9.98 Å². The Bertz CT molecular complexity index is 582. The third-order valence-corrected chi connectivity index (χ3v) is 3.93. The lowest BCUT2D eigenvalue weighted by Crippen LogP contribution is -2.29. The van der Waals surface area contributed by atoms with Gasteiger partial charge in [-0.1, -0.05) is 12.8 Å². The third kappa shape index (κ3) is 3.26. The summed E-state index contributed by atoms with van der Waals surface area (Å²) in [6.07, 6.45) is 7.46. The van der Waals surface area contributed by atoms with Gasteiger partial charge >= 0.3 is 0 Å². The molecular weight excluding hydrogens is 280 g/mol. The first kappa shape index (κ1) is 14.6. The highest BCUT2D eigenvalue weighted by atomic mass is 15.2. The molecule has 2 atom stereocenters. The van der Waals surface area contributed by atoms with Crippen LogP contribution in [0.5, 0.6) is 0 Å². The van der Waals surface area contributed by atoms with Crippen LogP contribution in [-0.4, -0.2) is 53.9 Å². The number of hydrogen-bond donors (Lipinski definition) is 2. The fraction of sp³-hybridized carbons (Fsp3) is 0.571. The first-order valence-electron chi connectivity index (χ1n) is 7.54. The molecule has 8 nitrogen and oxygen atoms in total. The van der Waals surface area contributed by atoms with Gasteiger partial charge in [-0.05, 0) is 26.7 Å². The van der Waals surface area contributed by atoms with Gasteiger partial charge in [-0.15, -0.1) is 0 Å². The monoisotopic (exact) mass is 300 g/mol. The molecule has 0 bridgehead atoms. The van der Waals surface area contributed by atoms with Crippen LogP contribution in [0.3, 0.4) is 0 Å². The summed E-state index contributed by atoms with van der Waals surface area (Å²) in [5.74, 6) is 1.44. The van der Waals surface area contributed by atoms with E-state index in [2.05, 4.69) is 30.4 Å². The highest BCUT2D eigenvalue weighted by molar-refractivity contribution is 5.96. The average molecular weight is 300 g/mol. The summed E-state index contributed by atoms with van der Waals surface area (Å²) in [7, 11) is 0. The van der Waals surface area contributed by atoms with Crippen LogP contribution in [0.2, 0.25) is 0 Å². The van der Waals surface area contributed by atoms with E-state index in [-0.39, 0.29) is 12.1 Å². The minimum absolute atomic E-state index is 0.178. The first-order chi connectivity index (χ1) is 10.7. The lowest BCUT2D eigenvalue weighted by molar-refractivity contribution is 0.388. The van der Waals surface area contributed by atoms with E-state index in [0.717, 1.165) is 35.9 Å². The normalized spacial score (nSPS) is 23.7. The lowest BCUT2D eigenvalue weighted by Gasteiger charge is -2.26. The van der Waals surface area contributed by atoms with E-state index in [1.165, 1.54) is 25.5 Å². The van der Waals surface area contributed by atoms with E-state index in [9.17, 15) is 0 Å². The summed E-state index contributed by atoms with van der Waals surface area (Å²) in [6, 6.07) is 0.355. The molecular formula is C14H20N8. The molecule has 8 heteroatoms. The summed E-state index contributed by atoms with van der Waals surface area (Å²) < 4.78 is 0. The highest BCUT2D eigenvalue weighted by Crippen LogP contribution is 2.25. The molecule has 2 aromatic rings. The van der Waals surface area contributed by atoms with Crippen molar-refractivity contribution >= 4 is 11.4 Å². The van der Waals surface area contributed by atoms with Gasteiger partial charge in [-0.3, -0.25) is 20.2 Å². The summed E-state index contributed by atoms with van der Waals surface area (Å²) in [5.41, 5.74) is 1.75. The number of H-pyrrole nitrogens is 2. The van der Waals surface area contributed by atoms with E-state index < -0.39 is 0 Å². The Labute approximate surface area is 128 Å². The molecule has 1 fully saturated rings. The van der Waals surface area contributed by atoms with Gasteiger partial charge in [-0.25, -0.2) is 9.97 Å². The average Bonchev–Trinajstić information content (AvgIpc) is 3.23. The van der Waals surface area contributed by atoms with E-state index in [1.807, 2.05) is 13.8 Å². The second kappa shape index (κ2) is 6.59. The van der Waals surface area contributed by atoms with Crippen LogP contribution in [0.15, 0.2) is 22.6 Å². The Kier molecular flexibility index (Phi) is 4.36.